The highest BCUT2D eigenvalue weighted by molar-refractivity contribution is 8.00. The van der Waals surface area contributed by atoms with E-state index < -0.39 is 0 Å². The van der Waals surface area contributed by atoms with Crippen LogP contribution in [-0.2, 0) is 4.79 Å². The highest BCUT2D eigenvalue weighted by atomic mass is 32.2. The first-order valence-electron chi connectivity index (χ1n) is 9.71. The molecule has 3 aromatic rings. The molecule has 0 aliphatic heterocycles. The van der Waals surface area contributed by atoms with Crippen molar-refractivity contribution in [2.45, 2.75) is 31.2 Å². The van der Waals surface area contributed by atoms with Crippen LogP contribution in [0.25, 0.3) is 22.0 Å². The van der Waals surface area contributed by atoms with Crippen LogP contribution in [0.3, 0.4) is 0 Å². The van der Waals surface area contributed by atoms with Crippen molar-refractivity contribution in [1.29, 1.82) is 0 Å². The quantitative estimate of drug-likeness (QED) is 0.536. The van der Waals surface area contributed by atoms with Crippen LogP contribution in [0.1, 0.15) is 26.2 Å². The van der Waals surface area contributed by atoms with Crippen molar-refractivity contribution in [1.82, 2.24) is 15.1 Å². The molecule has 0 saturated carbocycles. The van der Waals surface area contributed by atoms with E-state index in [0.29, 0.717) is 12.3 Å². The molecule has 0 N–H and O–H groups in total. The van der Waals surface area contributed by atoms with Gasteiger partial charge in [0.15, 0.2) is 0 Å². The minimum atomic E-state index is 0.138. The topological polar surface area (TPSA) is 46.1 Å². The Kier molecular flexibility index (Phi) is 5.72. The van der Waals surface area contributed by atoms with Crippen LogP contribution in [0.5, 0.6) is 0 Å². The number of amides is 1. The summed E-state index contributed by atoms with van der Waals surface area (Å²) in [6.45, 7) is 2.75. The molecular formula is C23H23N3OS. The molecule has 1 aromatic heterocycles. The summed E-state index contributed by atoms with van der Waals surface area (Å²) >= 11 is 1.47. The minimum Gasteiger partial charge on any atom is -0.316 e. The molecule has 0 radical (unpaired) electrons. The molecule has 2 aromatic carbocycles. The Morgan fingerprint density at radius 3 is 2.50 bits per heavy atom. The highest BCUT2D eigenvalue weighted by Crippen LogP contribution is 2.32. The number of carbonyl (C=O) groups excluding carboxylic acids is 1. The van der Waals surface area contributed by atoms with Crippen molar-refractivity contribution in [2.24, 2.45) is 0 Å². The fraction of sp³-hybridized carbons (Fsp3) is 0.261. The van der Waals surface area contributed by atoms with Gasteiger partial charge in [-0.15, -0.1) is 10.2 Å². The van der Waals surface area contributed by atoms with Gasteiger partial charge in [0.1, 0.15) is 10.7 Å². The van der Waals surface area contributed by atoms with Gasteiger partial charge in [-0.2, -0.15) is 0 Å². The van der Waals surface area contributed by atoms with Crippen LogP contribution in [0.4, 0.5) is 0 Å². The van der Waals surface area contributed by atoms with Crippen molar-refractivity contribution in [3.05, 3.63) is 66.4 Å². The zero-order valence-electron chi connectivity index (χ0n) is 16.0. The molecule has 0 bridgehead atoms. The lowest BCUT2D eigenvalue weighted by molar-refractivity contribution is -0.126. The maximum atomic E-state index is 12.8. The standard InChI is InChI=1S/C23H23N3OS/c1-2-26(18-12-6-7-13-18)21(27)16-28-23-20-15-9-8-14-19(20)22(24-25-23)17-10-4-3-5-11-17/h3-5,8-12,14-15H,2,6-7,13,16H2,1H3. The van der Waals surface area contributed by atoms with E-state index in [2.05, 4.69) is 28.4 Å². The molecule has 28 heavy (non-hydrogen) atoms. The molecule has 4 rings (SSSR count). The van der Waals surface area contributed by atoms with E-state index in [-0.39, 0.29) is 5.91 Å². The van der Waals surface area contributed by atoms with Gasteiger partial charge in [0.05, 0.1) is 5.75 Å². The average molecular weight is 390 g/mol. The summed E-state index contributed by atoms with van der Waals surface area (Å²) in [6, 6.07) is 18.2. The van der Waals surface area contributed by atoms with Gasteiger partial charge in [0, 0.05) is 28.6 Å². The van der Waals surface area contributed by atoms with Crippen molar-refractivity contribution in [2.75, 3.05) is 12.3 Å². The molecule has 1 aliphatic rings. The minimum absolute atomic E-state index is 0.138. The summed E-state index contributed by atoms with van der Waals surface area (Å²) in [7, 11) is 0. The zero-order valence-corrected chi connectivity index (χ0v) is 16.8. The number of allylic oxidation sites excluding steroid dienone is 2. The summed E-state index contributed by atoms with van der Waals surface area (Å²) in [5.74, 6) is 0.507. The lowest BCUT2D eigenvalue weighted by Gasteiger charge is -2.22. The second kappa shape index (κ2) is 8.57. The summed E-state index contributed by atoms with van der Waals surface area (Å²) in [5.41, 5.74) is 3.09. The number of hydrogen-bond acceptors (Lipinski definition) is 4. The van der Waals surface area contributed by atoms with Gasteiger partial charge in [-0.3, -0.25) is 4.79 Å². The van der Waals surface area contributed by atoms with E-state index >= 15 is 0 Å². The average Bonchev–Trinajstić information content (AvgIpc) is 3.27. The van der Waals surface area contributed by atoms with E-state index in [9.17, 15) is 4.79 Å². The van der Waals surface area contributed by atoms with Crippen molar-refractivity contribution in [3.63, 3.8) is 0 Å². The van der Waals surface area contributed by atoms with Gasteiger partial charge in [-0.25, -0.2) is 0 Å². The summed E-state index contributed by atoms with van der Waals surface area (Å²) in [5, 5.41) is 11.9. The SMILES string of the molecule is CCN(C(=O)CSc1nnc(-c2ccccc2)c2ccccc12)C1=CCCC1. The molecule has 0 fully saturated rings. The Morgan fingerprint density at radius 2 is 1.79 bits per heavy atom. The highest BCUT2D eigenvalue weighted by Gasteiger charge is 2.20. The van der Waals surface area contributed by atoms with Crippen molar-refractivity contribution >= 4 is 28.4 Å². The molecule has 0 spiro atoms. The predicted octanol–water partition coefficient (Wildman–Crippen LogP) is 5.31. The van der Waals surface area contributed by atoms with Crippen molar-refractivity contribution < 1.29 is 4.79 Å². The third kappa shape index (κ3) is 3.80. The Morgan fingerprint density at radius 1 is 1.04 bits per heavy atom. The molecule has 1 amide bonds. The number of thioether (sulfide) groups is 1. The maximum Gasteiger partial charge on any atom is 0.237 e. The van der Waals surface area contributed by atoms with Crippen LogP contribution >= 0.6 is 11.8 Å². The van der Waals surface area contributed by atoms with Crippen molar-refractivity contribution in [3.8, 4) is 11.3 Å². The van der Waals surface area contributed by atoms with E-state index in [1.165, 1.54) is 17.5 Å². The second-order valence-electron chi connectivity index (χ2n) is 6.78. The molecule has 0 saturated heterocycles. The third-order valence-corrected chi connectivity index (χ3v) is 5.98. The first-order chi connectivity index (χ1) is 13.8. The first-order valence-corrected chi connectivity index (χ1v) is 10.7. The lowest BCUT2D eigenvalue weighted by atomic mass is 10.1. The van der Waals surface area contributed by atoms with Crippen LogP contribution < -0.4 is 0 Å². The molecule has 142 valence electrons. The van der Waals surface area contributed by atoms with Gasteiger partial charge in [-0.1, -0.05) is 72.4 Å². The number of carbonyl (C=O) groups is 1. The zero-order chi connectivity index (χ0) is 19.3. The summed E-state index contributed by atoms with van der Waals surface area (Å²) < 4.78 is 0. The normalized spacial score (nSPS) is 13.5. The number of aromatic nitrogens is 2. The van der Waals surface area contributed by atoms with Crippen LogP contribution in [-0.4, -0.2) is 33.3 Å². The van der Waals surface area contributed by atoms with Crippen LogP contribution in [0.2, 0.25) is 0 Å². The van der Waals surface area contributed by atoms with Gasteiger partial charge in [0.2, 0.25) is 5.91 Å². The van der Waals surface area contributed by atoms with Gasteiger partial charge >= 0.3 is 0 Å². The van der Waals surface area contributed by atoms with Crippen LogP contribution in [0, 0.1) is 0 Å². The van der Waals surface area contributed by atoms with E-state index in [0.717, 1.165) is 46.3 Å². The molecule has 1 heterocycles. The Hall–Kier alpha value is -2.66. The molecule has 4 nitrogen and oxygen atoms in total. The number of rotatable bonds is 6. The van der Waals surface area contributed by atoms with Gasteiger partial charge in [0.25, 0.3) is 0 Å². The van der Waals surface area contributed by atoms with E-state index in [1.54, 1.807) is 0 Å². The number of benzene rings is 2. The summed E-state index contributed by atoms with van der Waals surface area (Å²) in [4.78, 5) is 14.7. The maximum absolute atomic E-state index is 12.8. The molecular weight excluding hydrogens is 366 g/mol. The third-order valence-electron chi connectivity index (χ3n) is 5.01. The Labute approximate surface area is 169 Å². The number of nitrogens with zero attached hydrogens (tertiary/aromatic N) is 3. The Bertz CT molecular complexity index is 1020. The van der Waals surface area contributed by atoms with E-state index in [4.69, 9.17) is 0 Å². The number of fused-ring (bicyclic) bond motifs is 1. The van der Waals surface area contributed by atoms with E-state index in [1.807, 2.05) is 54.3 Å². The Balaban J connectivity index is 1.59. The fourth-order valence-electron chi connectivity index (χ4n) is 3.64. The van der Waals surface area contributed by atoms with Gasteiger partial charge < -0.3 is 4.90 Å². The summed E-state index contributed by atoms with van der Waals surface area (Å²) in [6.07, 6.45) is 5.40. The smallest absolute Gasteiger partial charge is 0.237 e. The van der Waals surface area contributed by atoms with Crippen LogP contribution in [0.15, 0.2) is 71.4 Å². The number of hydrogen-bond donors (Lipinski definition) is 0. The molecule has 1 aliphatic carbocycles. The predicted molar refractivity (Wildman–Crippen MR) is 115 cm³/mol. The first kappa shape index (κ1) is 18.7. The fourth-order valence-corrected chi connectivity index (χ4v) is 4.49. The molecule has 0 unspecified atom stereocenters. The second-order valence-corrected chi connectivity index (χ2v) is 7.74. The largest absolute Gasteiger partial charge is 0.316 e. The lowest BCUT2D eigenvalue weighted by Crippen LogP contribution is -2.31. The van der Waals surface area contributed by atoms with Gasteiger partial charge in [-0.05, 0) is 26.2 Å². The molecule has 5 heteroatoms. The monoisotopic (exact) mass is 389 g/mol. The molecule has 0 atom stereocenters.